The van der Waals surface area contributed by atoms with Gasteiger partial charge in [0.05, 0.1) is 6.04 Å². The molecular formula is C27H27ClN2O. The highest BCUT2D eigenvalue weighted by Crippen LogP contribution is 2.31. The zero-order valence-electron chi connectivity index (χ0n) is 17.5. The molecule has 3 nitrogen and oxygen atoms in total. The first kappa shape index (κ1) is 20.3. The summed E-state index contributed by atoms with van der Waals surface area (Å²) in [7, 11) is 0. The molecule has 2 unspecified atom stereocenters. The van der Waals surface area contributed by atoms with E-state index in [-0.39, 0.29) is 12.1 Å². The summed E-state index contributed by atoms with van der Waals surface area (Å²) in [5, 5.41) is 0.780. The topological polar surface area (TPSA) is 15.7 Å². The Morgan fingerprint density at radius 1 is 0.806 bits per heavy atom. The summed E-state index contributed by atoms with van der Waals surface area (Å²) in [6.07, 6.45) is 4.49. The Kier molecular flexibility index (Phi) is 6.08. The van der Waals surface area contributed by atoms with E-state index < -0.39 is 0 Å². The summed E-state index contributed by atoms with van der Waals surface area (Å²) in [5.74, 6) is 0.987. The number of benzene rings is 3. The molecule has 158 valence electrons. The van der Waals surface area contributed by atoms with Crippen molar-refractivity contribution in [2.45, 2.75) is 12.1 Å². The molecule has 2 aliphatic rings. The summed E-state index contributed by atoms with van der Waals surface area (Å²) in [4.78, 5) is 5.10. The van der Waals surface area contributed by atoms with Crippen LogP contribution in [0.3, 0.4) is 0 Å². The van der Waals surface area contributed by atoms with Gasteiger partial charge < -0.3 is 4.74 Å². The third-order valence-electron chi connectivity index (χ3n) is 6.20. The quantitative estimate of drug-likeness (QED) is 0.530. The van der Waals surface area contributed by atoms with Crippen LogP contribution in [0.5, 0.6) is 5.75 Å². The second-order valence-corrected chi connectivity index (χ2v) is 8.69. The van der Waals surface area contributed by atoms with Crippen LogP contribution in [-0.4, -0.2) is 48.6 Å². The second kappa shape index (κ2) is 9.27. The predicted octanol–water partition coefficient (Wildman–Crippen LogP) is 5.52. The van der Waals surface area contributed by atoms with Crippen molar-refractivity contribution in [3.8, 4) is 5.75 Å². The van der Waals surface area contributed by atoms with Crippen molar-refractivity contribution in [1.29, 1.82) is 0 Å². The number of hydrogen-bond donors (Lipinski definition) is 0. The highest BCUT2D eigenvalue weighted by Gasteiger charge is 2.28. The Hall–Kier alpha value is -2.59. The number of para-hydroxylation sites is 1. The van der Waals surface area contributed by atoms with E-state index in [2.05, 4.69) is 82.6 Å². The van der Waals surface area contributed by atoms with Gasteiger partial charge >= 0.3 is 0 Å². The zero-order chi connectivity index (χ0) is 21.0. The van der Waals surface area contributed by atoms with Crippen LogP contribution in [0.25, 0.3) is 6.08 Å². The Bertz CT molecular complexity index is 1030. The molecule has 0 radical (unpaired) electrons. The molecular weight excluding hydrogens is 404 g/mol. The van der Waals surface area contributed by atoms with Crippen LogP contribution in [-0.2, 0) is 0 Å². The molecule has 3 aromatic rings. The molecule has 0 aromatic heterocycles. The minimum Gasteiger partial charge on any atom is -0.484 e. The fourth-order valence-electron chi connectivity index (χ4n) is 4.59. The molecule has 2 aliphatic heterocycles. The van der Waals surface area contributed by atoms with E-state index in [1.54, 1.807) is 0 Å². The molecule has 31 heavy (non-hydrogen) atoms. The third kappa shape index (κ3) is 4.69. The molecule has 3 aromatic carbocycles. The lowest BCUT2D eigenvalue weighted by atomic mass is 9.96. The minimum atomic E-state index is 0.114. The number of nitrogens with zero attached hydrogens (tertiary/aromatic N) is 2. The van der Waals surface area contributed by atoms with Crippen LogP contribution in [0.4, 0.5) is 0 Å². The van der Waals surface area contributed by atoms with Gasteiger partial charge in [-0.3, -0.25) is 9.80 Å². The van der Waals surface area contributed by atoms with Crippen molar-refractivity contribution < 1.29 is 4.74 Å². The van der Waals surface area contributed by atoms with Crippen LogP contribution in [0, 0.1) is 0 Å². The first-order valence-electron chi connectivity index (χ1n) is 11.0. The molecule has 2 atom stereocenters. The summed E-state index contributed by atoms with van der Waals surface area (Å²) >= 11 is 6.15. The number of rotatable bonds is 5. The Labute approximate surface area is 189 Å². The maximum atomic E-state index is 6.20. The van der Waals surface area contributed by atoms with Crippen molar-refractivity contribution in [3.05, 3.63) is 107 Å². The number of hydrogen-bond acceptors (Lipinski definition) is 3. The fourth-order valence-corrected chi connectivity index (χ4v) is 4.72. The van der Waals surface area contributed by atoms with Gasteiger partial charge in [-0.05, 0) is 35.4 Å². The maximum Gasteiger partial charge on any atom is 0.130 e. The van der Waals surface area contributed by atoms with Gasteiger partial charge in [-0.1, -0.05) is 78.3 Å². The van der Waals surface area contributed by atoms with Crippen LogP contribution in [0.1, 0.15) is 22.7 Å². The van der Waals surface area contributed by atoms with Gasteiger partial charge in [-0.2, -0.15) is 0 Å². The summed E-state index contributed by atoms with van der Waals surface area (Å²) in [6, 6.07) is 27.6. The smallest absolute Gasteiger partial charge is 0.130 e. The van der Waals surface area contributed by atoms with Gasteiger partial charge in [0.2, 0.25) is 0 Å². The monoisotopic (exact) mass is 430 g/mol. The maximum absolute atomic E-state index is 6.20. The lowest BCUT2D eigenvalue weighted by molar-refractivity contribution is 0.0835. The van der Waals surface area contributed by atoms with Gasteiger partial charge in [0.25, 0.3) is 0 Å². The Balaban J connectivity index is 1.25. The van der Waals surface area contributed by atoms with Crippen molar-refractivity contribution >= 4 is 17.7 Å². The molecule has 5 rings (SSSR count). The lowest BCUT2D eigenvalue weighted by Gasteiger charge is -2.40. The predicted molar refractivity (Wildman–Crippen MR) is 128 cm³/mol. The van der Waals surface area contributed by atoms with E-state index in [4.69, 9.17) is 16.3 Å². The second-order valence-electron chi connectivity index (χ2n) is 8.25. The van der Waals surface area contributed by atoms with Gasteiger partial charge in [0, 0.05) is 43.3 Å². The van der Waals surface area contributed by atoms with Crippen LogP contribution >= 0.6 is 11.6 Å². The van der Waals surface area contributed by atoms with Crippen LogP contribution < -0.4 is 4.74 Å². The number of ether oxygens (including phenoxy) is 1. The van der Waals surface area contributed by atoms with E-state index in [1.807, 2.05) is 18.2 Å². The van der Waals surface area contributed by atoms with Gasteiger partial charge in [0.15, 0.2) is 0 Å². The molecule has 1 saturated heterocycles. The van der Waals surface area contributed by atoms with E-state index in [0.29, 0.717) is 0 Å². The molecule has 0 amide bonds. The summed E-state index contributed by atoms with van der Waals surface area (Å²) in [6.45, 7) is 5.04. The molecule has 4 heteroatoms. The molecule has 0 bridgehead atoms. The minimum absolute atomic E-state index is 0.114. The molecule has 1 fully saturated rings. The SMILES string of the molecule is Clc1ccc(C(c2ccccc2)N2CCN(CC3C=Cc4ccccc4O3)CC2)cc1. The zero-order valence-corrected chi connectivity index (χ0v) is 18.3. The Morgan fingerprint density at radius 3 is 2.26 bits per heavy atom. The van der Waals surface area contributed by atoms with Gasteiger partial charge in [0.1, 0.15) is 11.9 Å². The molecule has 0 aliphatic carbocycles. The highest BCUT2D eigenvalue weighted by atomic mass is 35.5. The average molecular weight is 431 g/mol. The first-order chi connectivity index (χ1) is 15.3. The molecule has 0 saturated carbocycles. The Morgan fingerprint density at radius 2 is 1.48 bits per heavy atom. The van der Waals surface area contributed by atoms with E-state index >= 15 is 0 Å². The fraction of sp³-hybridized carbons (Fsp3) is 0.259. The lowest BCUT2D eigenvalue weighted by Crippen LogP contribution is -2.50. The number of fused-ring (bicyclic) bond motifs is 1. The van der Waals surface area contributed by atoms with Crippen molar-refractivity contribution in [3.63, 3.8) is 0 Å². The van der Waals surface area contributed by atoms with Gasteiger partial charge in [-0.25, -0.2) is 0 Å². The molecule has 0 N–H and O–H groups in total. The molecule has 0 spiro atoms. The summed E-state index contributed by atoms with van der Waals surface area (Å²) < 4.78 is 6.20. The largest absolute Gasteiger partial charge is 0.484 e. The normalized spacial score (nSPS) is 20.1. The highest BCUT2D eigenvalue weighted by molar-refractivity contribution is 6.30. The average Bonchev–Trinajstić information content (AvgIpc) is 2.82. The number of halogens is 1. The summed E-state index contributed by atoms with van der Waals surface area (Å²) in [5.41, 5.74) is 3.78. The third-order valence-corrected chi connectivity index (χ3v) is 6.45. The van der Waals surface area contributed by atoms with Crippen molar-refractivity contribution in [2.75, 3.05) is 32.7 Å². The van der Waals surface area contributed by atoms with E-state index in [1.165, 1.54) is 11.1 Å². The van der Waals surface area contributed by atoms with E-state index in [9.17, 15) is 0 Å². The first-order valence-corrected chi connectivity index (χ1v) is 11.3. The molecule has 2 heterocycles. The van der Waals surface area contributed by atoms with E-state index in [0.717, 1.165) is 49.1 Å². The standard InChI is InChI=1S/C27H27ClN2O/c28-24-13-10-23(11-14-24)27(22-7-2-1-3-8-22)30-18-16-29(17-19-30)20-25-15-12-21-6-4-5-9-26(21)31-25/h1-15,25,27H,16-20H2. The van der Waals surface area contributed by atoms with Crippen molar-refractivity contribution in [1.82, 2.24) is 9.80 Å². The van der Waals surface area contributed by atoms with Crippen LogP contribution in [0.15, 0.2) is 84.9 Å². The van der Waals surface area contributed by atoms with Gasteiger partial charge in [-0.15, -0.1) is 0 Å². The van der Waals surface area contributed by atoms with Crippen LogP contribution in [0.2, 0.25) is 5.02 Å². The number of piperazine rings is 1. The van der Waals surface area contributed by atoms with Crippen molar-refractivity contribution in [2.24, 2.45) is 0 Å².